The van der Waals surface area contributed by atoms with Gasteiger partial charge < -0.3 is 39.1 Å². The first-order valence-electron chi connectivity index (χ1n) is 9.92. The molecule has 0 radical (unpaired) electrons. The minimum atomic E-state index is -1.38. The fourth-order valence-corrected chi connectivity index (χ4v) is 3.35. The first-order valence-corrected chi connectivity index (χ1v) is 9.92. The maximum absolute atomic E-state index is 12.3. The third-order valence-corrected chi connectivity index (χ3v) is 4.85. The van der Waals surface area contributed by atoms with Gasteiger partial charge in [0.15, 0.2) is 5.43 Å². The van der Waals surface area contributed by atoms with Gasteiger partial charge in [0, 0.05) is 6.07 Å². The second-order valence-electron chi connectivity index (χ2n) is 7.24. The zero-order chi connectivity index (χ0) is 24.4. The highest BCUT2D eigenvalue weighted by Gasteiger charge is 2.27. The van der Waals surface area contributed by atoms with E-state index in [4.69, 9.17) is 28.8 Å². The van der Waals surface area contributed by atoms with Crippen molar-refractivity contribution in [3.8, 4) is 17.2 Å². The second-order valence-corrected chi connectivity index (χ2v) is 7.24. The van der Waals surface area contributed by atoms with Gasteiger partial charge in [-0.3, -0.25) is 4.79 Å². The Labute approximate surface area is 190 Å². The van der Waals surface area contributed by atoms with Gasteiger partial charge in [0.1, 0.15) is 53.6 Å². The molecule has 1 aliphatic heterocycles. The molecule has 0 fully saturated rings. The molecule has 0 saturated carbocycles. The van der Waals surface area contributed by atoms with Crippen molar-refractivity contribution in [1.82, 2.24) is 0 Å². The van der Waals surface area contributed by atoms with Crippen LogP contribution in [0.15, 0.2) is 63.5 Å². The number of aliphatic hydroxyl groups is 2. The van der Waals surface area contributed by atoms with Crippen LogP contribution in [0.25, 0.3) is 11.0 Å². The number of carboxylic acid groups (broad SMARTS) is 2. The number of rotatable bonds is 8. The molecule has 34 heavy (non-hydrogen) atoms. The summed E-state index contributed by atoms with van der Waals surface area (Å²) >= 11 is 0. The predicted molar refractivity (Wildman–Crippen MR) is 114 cm³/mol. The van der Waals surface area contributed by atoms with E-state index in [1.54, 1.807) is 0 Å². The fraction of sp³-hybridized carbons (Fsp3) is 0.174. The van der Waals surface area contributed by atoms with E-state index >= 15 is 0 Å². The average molecular weight is 470 g/mol. The number of benzene rings is 2. The maximum Gasteiger partial charge on any atom is 0.371 e. The lowest BCUT2D eigenvalue weighted by Gasteiger charge is -2.23. The van der Waals surface area contributed by atoms with Crippen molar-refractivity contribution in [2.45, 2.75) is 12.2 Å². The second kappa shape index (κ2) is 9.25. The van der Waals surface area contributed by atoms with Crippen molar-refractivity contribution >= 4 is 22.9 Å². The molecule has 176 valence electrons. The van der Waals surface area contributed by atoms with Crippen LogP contribution < -0.4 is 19.6 Å². The van der Waals surface area contributed by atoms with Gasteiger partial charge in [-0.25, -0.2) is 9.59 Å². The quantitative estimate of drug-likeness (QED) is 0.377. The van der Waals surface area contributed by atoms with E-state index in [-0.39, 0.29) is 47.0 Å². The van der Waals surface area contributed by atoms with E-state index < -0.39 is 41.1 Å². The molecule has 0 saturated heterocycles. The van der Waals surface area contributed by atoms with Gasteiger partial charge in [0.05, 0.1) is 5.56 Å². The fourth-order valence-electron chi connectivity index (χ4n) is 3.35. The zero-order valence-corrected chi connectivity index (χ0v) is 17.3. The summed E-state index contributed by atoms with van der Waals surface area (Å²) in [7, 11) is 0. The third kappa shape index (κ3) is 4.56. The number of hydrogen-bond donors (Lipinski definition) is 4. The van der Waals surface area contributed by atoms with Crippen molar-refractivity contribution in [2.24, 2.45) is 0 Å². The molecule has 2 aromatic carbocycles. The van der Waals surface area contributed by atoms with E-state index in [1.165, 1.54) is 36.4 Å². The molecule has 0 bridgehead atoms. The molecule has 3 aromatic rings. The molecule has 1 aromatic heterocycles. The lowest BCUT2D eigenvalue weighted by atomic mass is 10.0. The molecular formula is C23H18O11. The van der Waals surface area contributed by atoms with E-state index in [0.29, 0.717) is 0 Å². The van der Waals surface area contributed by atoms with Crippen LogP contribution in [0.3, 0.4) is 0 Å². The molecule has 0 spiro atoms. The molecule has 2 atom stereocenters. The Morgan fingerprint density at radius 3 is 2.38 bits per heavy atom. The molecule has 4 rings (SSSR count). The van der Waals surface area contributed by atoms with Gasteiger partial charge in [0.2, 0.25) is 11.5 Å². The summed E-state index contributed by atoms with van der Waals surface area (Å²) in [5.41, 5.74) is -0.382. The number of aliphatic carboxylic acids is 1. The van der Waals surface area contributed by atoms with Crippen LogP contribution in [0.1, 0.15) is 22.2 Å². The number of ether oxygens (including phenoxy) is 3. The highest BCUT2D eigenvalue weighted by molar-refractivity contribution is 5.89. The maximum atomic E-state index is 12.3. The summed E-state index contributed by atoms with van der Waals surface area (Å²) in [6, 6.07) is 9.78. The topological polar surface area (TPSA) is 173 Å². The Hall–Kier alpha value is -4.35. The summed E-state index contributed by atoms with van der Waals surface area (Å²) in [4.78, 5) is 34.5. The Morgan fingerprint density at radius 2 is 1.68 bits per heavy atom. The number of aromatic carboxylic acids is 1. The van der Waals surface area contributed by atoms with Crippen molar-refractivity contribution in [2.75, 3.05) is 13.2 Å². The average Bonchev–Trinajstić information content (AvgIpc) is 2.80. The van der Waals surface area contributed by atoms with Crippen LogP contribution >= 0.6 is 0 Å². The molecule has 11 heteroatoms. The van der Waals surface area contributed by atoms with Crippen LogP contribution in [-0.2, 0) is 4.79 Å². The van der Waals surface area contributed by atoms with Crippen LogP contribution in [0.2, 0.25) is 0 Å². The first kappa shape index (κ1) is 22.8. The monoisotopic (exact) mass is 470 g/mol. The zero-order valence-electron chi connectivity index (χ0n) is 17.3. The molecule has 2 unspecified atom stereocenters. The summed E-state index contributed by atoms with van der Waals surface area (Å²) in [5, 5.41) is 38.7. The minimum absolute atomic E-state index is 0.0202. The van der Waals surface area contributed by atoms with Crippen LogP contribution in [0.5, 0.6) is 17.2 Å². The summed E-state index contributed by atoms with van der Waals surface area (Å²) in [6.07, 6.45) is -1.42. The van der Waals surface area contributed by atoms with Gasteiger partial charge in [0.25, 0.3) is 0 Å². The number of carboxylic acids is 2. The molecular weight excluding hydrogens is 452 g/mol. The largest absolute Gasteiger partial charge is 0.490 e. The van der Waals surface area contributed by atoms with Crippen molar-refractivity contribution in [3.05, 3.63) is 75.8 Å². The molecule has 11 nitrogen and oxygen atoms in total. The highest BCUT2D eigenvalue weighted by atomic mass is 16.5. The van der Waals surface area contributed by atoms with Crippen LogP contribution in [-0.4, -0.2) is 51.7 Å². The molecule has 4 N–H and O–H groups in total. The predicted octanol–water partition coefficient (Wildman–Crippen LogP) is 1.70. The normalized spacial score (nSPS) is 15.6. The Morgan fingerprint density at radius 1 is 1.00 bits per heavy atom. The number of carbonyl (C=O) groups is 2. The van der Waals surface area contributed by atoms with Gasteiger partial charge in [-0.05, 0) is 30.3 Å². The van der Waals surface area contributed by atoms with Crippen molar-refractivity contribution < 1.29 is 48.6 Å². The lowest BCUT2D eigenvalue weighted by Crippen LogP contribution is -2.26. The van der Waals surface area contributed by atoms with Gasteiger partial charge in [-0.1, -0.05) is 12.1 Å². The van der Waals surface area contributed by atoms with E-state index in [2.05, 4.69) is 0 Å². The summed E-state index contributed by atoms with van der Waals surface area (Å²) < 4.78 is 21.6. The summed E-state index contributed by atoms with van der Waals surface area (Å²) in [5.74, 6) is -3.26. The van der Waals surface area contributed by atoms with E-state index in [0.717, 1.165) is 12.1 Å². The lowest BCUT2D eigenvalue weighted by molar-refractivity contribution is -0.135. The number of hydrogen-bond acceptors (Lipinski definition) is 9. The standard InChI is InChI=1S/C23H18O11/c24-11(9-31-14-3-1-5-16-20(14)12(25)7-18(33-16)22(27)28)10-32-15-4-2-6-17-21(15)13(26)8-19(34-17)23(29)30/h1-8,11-12,24-25H,9-10H2,(H,27,28)(H,29,30). The van der Waals surface area contributed by atoms with Crippen LogP contribution in [0, 0.1) is 0 Å². The van der Waals surface area contributed by atoms with E-state index in [1.807, 2.05) is 0 Å². The van der Waals surface area contributed by atoms with Crippen LogP contribution in [0.4, 0.5) is 0 Å². The Balaban J connectivity index is 1.44. The third-order valence-electron chi connectivity index (χ3n) is 4.85. The smallest absolute Gasteiger partial charge is 0.371 e. The highest BCUT2D eigenvalue weighted by Crippen LogP contribution is 2.39. The summed E-state index contributed by atoms with van der Waals surface area (Å²) in [6.45, 7) is -0.544. The molecule has 0 aliphatic carbocycles. The first-order chi connectivity index (χ1) is 16.2. The van der Waals surface area contributed by atoms with Gasteiger partial charge in [-0.2, -0.15) is 0 Å². The van der Waals surface area contributed by atoms with Crippen molar-refractivity contribution in [1.29, 1.82) is 0 Å². The molecule has 2 heterocycles. The van der Waals surface area contributed by atoms with E-state index in [9.17, 15) is 24.6 Å². The number of fused-ring (bicyclic) bond motifs is 2. The Bertz CT molecular complexity index is 1350. The molecule has 0 amide bonds. The molecule has 1 aliphatic rings. The SMILES string of the molecule is O=C(O)C1=CC(O)c2c(OCC(O)COc3cccc4oc(C(=O)O)cc(=O)c34)cccc2O1. The van der Waals surface area contributed by atoms with Gasteiger partial charge in [-0.15, -0.1) is 0 Å². The van der Waals surface area contributed by atoms with Crippen molar-refractivity contribution in [3.63, 3.8) is 0 Å². The van der Waals surface area contributed by atoms with Gasteiger partial charge >= 0.3 is 11.9 Å². The minimum Gasteiger partial charge on any atom is -0.490 e. The Kier molecular flexibility index (Phi) is 6.21. The number of aliphatic hydroxyl groups excluding tert-OH is 2.